The number of aryl methyl sites for hydroxylation is 1. The van der Waals surface area contributed by atoms with Crippen molar-refractivity contribution in [3.8, 4) is 0 Å². The Bertz CT molecular complexity index is 267. The molecule has 1 nitrogen and oxygen atoms in total. The fourth-order valence-corrected chi connectivity index (χ4v) is 2.22. The summed E-state index contributed by atoms with van der Waals surface area (Å²) in [5.74, 6) is 0. The molecule has 86 valence electrons. The molecule has 1 aromatic heterocycles. The van der Waals surface area contributed by atoms with E-state index in [0.717, 1.165) is 0 Å². The summed E-state index contributed by atoms with van der Waals surface area (Å²) in [6.45, 7) is 6.88. The molecule has 0 radical (unpaired) electrons. The zero-order valence-electron chi connectivity index (χ0n) is 10.3. The highest BCUT2D eigenvalue weighted by molar-refractivity contribution is 5.20. The molecule has 0 aliphatic rings. The Morgan fingerprint density at radius 2 is 1.40 bits per heavy atom. The molecule has 0 atom stereocenters. The molecule has 0 spiro atoms. The Morgan fingerprint density at radius 1 is 1.00 bits per heavy atom. The van der Waals surface area contributed by atoms with Crippen LogP contribution in [0.1, 0.15) is 45.6 Å². The third kappa shape index (κ3) is 3.16. The van der Waals surface area contributed by atoms with E-state index in [0.29, 0.717) is 5.41 Å². The molecule has 1 aromatic rings. The fourth-order valence-electron chi connectivity index (χ4n) is 2.22. The molecular weight excluding hydrogens is 297 g/mol. The van der Waals surface area contributed by atoms with Gasteiger partial charge in [0.2, 0.25) is 0 Å². The van der Waals surface area contributed by atoms with E-state index in [2.05, 4.69) is 56.9 Å². The molecule has 0 fully saturated rings. The van der Waals surface area contributed by atoms with Crippen molar-refractivity contribution in [2.75, 3.05) is 0 Å². The van der Waals surface area contributed by atoms with Crippen molar-refractivity contribution in [2.24, 2.45) is 7.05 Å². The molecular formula is C13H22IN. The van der Waals surface area contributed by atoms with Gasteiger partial charge in [-0.25, -0.2) is 4.57 Å². The molecule has 0 aliphatic heterocycles. The highest BCUT2D eigenvalue weighted by Gasteiger charge is 2.26. The van der Waals surface area contributed by atoms with Gasteiger partial charge in [0.1, 0.15) is 7.05 Å². The van der Waals surface area contributed by atoms with Crippen molar-refractivity contribution in [3.63, 3.8) is 0 Å². The highest BCUT2D eigenvalue weighted by atomic mass is 127. The van der Waals surface area contributed by atoms with Crippen molar-refractivity contribution in [3.05, 3.63) is 30.1 Å². The van der Waals surface area contributed by atoms with Crippen molar-refractivity contribution in [1.82, 2.24) is 0 Å². The van der Waals surface area contributed by atoms with Crippen LogP contribution in [0.15, 0.2) is 24.5 Å². The van der Waals surface area contributed by atoms with E-state index in [1.54, 1.807) is 0 Å². The van der Waals surface area contributed by atoms with Crippen LogP contribution in [0.5, 0.6) is 0 Å². The zero-order valence-corrected chi connectivity index (χ0v) is 12.4. The highest BCUT2D eigenvalue weighted by Crippen LogP contribution is 2.34. The summed E-state index contributed by atoms with van der Waals surface area (Å²) < 4.78 is 2.09. The van der Waals surface area contributed by atoms with Gasteiger partial charge in [-0.05, 0) is 30.2 Å². The van der Waals surface area contributed by atoms with E-state index in [1.807, 2.05) is 0 Å². The van der Waals surface area contributed by atoms with E-state index >= 15 is 0 Å². The lowest BCUT2D eigenvalue weighted by Gasteiger charge is -2.30. The monoisotopic (exact) mass is 319 g/mol. The molecule has 0 amide bonds. The normalized spacial score (nSPS) is 10.9. The molecule has 1 rings (SSSR count). The molecule has 0 aliphatic carbocycles. The van der Waals surface area contributed by atoms with Gasteiger partial charge < -0.3 is 24.0 Å². The van der Waals surface area contributed by atoms with Crippen LogP contribution in [-0.4, -0.2) is 0 Å². The van der Waals surface area contributed by atoms with Gasteiger partial charge in [-0.2, -0.15) is 0 Å². The van der Waals surface area contributed by atoms with Crippen LogP contribution < -0.4 is 28.5 Å². The van der Waals surface area contributed by atoms with Crippen LogP contribution in [0.3, 0.4) is 0 Å². The topological polar surface area (TPSA) is 3.88 Å². The lowest BCUT2D eigenvalue weighted by atomic mass is 9.74. The predicted octanol–water partition coefficient (Wildman–Crippen LogP) is -0.0171. The Balaban J connectivity index is 0.00000196. The third-order valence-electron chi connectivity index (χ3n) is 3.62. The molecule has 2 heteroatoms. The van der Waals surface area contributed by atoms with Crippen LogP contribution in [0, 0.1) is 0 Å². The van der Waals surface area contributed by atoms with Crippen LogP contribution >= 0.6 is 0 Å². The first-order valence-electron chi connectivity index (χ1n) is 5.64. The van der Waals surface area contributed by atoms with Gasteiger partial charge in [0.05, 0.1) is 0 Å². The summed E-state index contributed by atoms with van der Waals surface area (Å²) >= 11 is 0. The van der Waals surface area contributed by atoms with Crippen LogP contribution in [-0.2, 0) is 12.5 Å². The average molecular weight is 319 g/mol. The molecule has 0 unspecified atom stereocenters. The summed E-state index contributed by atoms with van der Waals surface area (Å²) in [4.78, 5) is 0. The number of nitrogens with zero attached hydrogens (tertiary/aromatic N) is 1. The Labute approximate surface area is 111 Å². The number of pyridine rings is 1. The van der Waals surface area contributed by atoms with Crippen molar-refractivity contribution in [2.45, 2.75) is 45.4 Å². The minimum absolute atomic E-state index is 0. The number of rotatable bonds is 4. The number of hydrogen-bond acceptors (Lipinski definition) is 0. The zero-order chi connectivity index (χ0) is 10.6. The van der Waals surface area contributed by atoms with Gasteiger partial charge in [0, 0.05) is 12.1 Å². The first kappa shape index (κ1) is 14.9. The van der Waals surface area contributed by atoms with Gasteiger partial charge in [-0.1, -0.05) is 20.8 Å². The largest absolute Gasteiger partial charge is 1.00 e. The molecule has 0 saturated carbocycles. The first-order chi connectivity index (χ1) is 6.68. The van der Waals surface area contributed by atoms with Crippen LogP contribution in [0.2, 0.25) is 0 Å². The van der Waals surface area contributed by atoms with Gasteiger partial charge in [0.25, 0.3) is 0 Å². The quantitative estimate of drug-likeness (QED) is 0.543. The van der Waals surface area contributed by atoms with Crippen molar-refractivity contribution < 1.29 is 28.5 Å². The second-order valence-corrected chi connectivity index (χ2v) is 4.09. The molecule has 15 heavy (non-hydrogen) atoms. The summed E-state index contributed by atoms with van der Waals surface area (Å²) in [6.07, 6.45) is 7.98. The Morgan fingerprint density at radius 3 is 1.73 bits per heavy atom. The summed E-state index contributed by atoms with van der Waals surface area (Å²) in [6, 6.07) is 4.52. The molecule has 1 heterocycles. The van der Waals surface area contributed by atoms with E-state index in [1.165, 1.54) is 24.8 Å². The SMILES string of the molecule is CCC(CC)(CC)c1cc[n+](C)cc1.[I-]. The maximum atomic E-state index is 2.29. The fraction of sp³-hybridized carbons (Fsp3) is 0.615. The molecule has 0 aromatic carbocycles. The smallest absolute Gasteiger partial charge is 0.168 e. The van der Waals surface area contributed by atoms with Crippen LogP contribution in [0.25, 0.3) is 0 Å². The first-order valence-corrected chi connectivity index (χ1v) is 5.64. The van der Waals surface area contributed by atoms with E-state index in [9.17, 15) is 0 Å². The van der Waals surface area contributed by atoms with E-state index < -0.39 is 0 Å². The third-order valence-corrected chi connectivity index (χ3v) is 3.62. The minimum Gasteiger partial charge on any atom is -1.00 e. The standard InChI is InChI=1S/C13H22N.HI/c1-5-13(6-2,7-3)12-8-10-14(4)11-9-12;/h8-11H,5-7H2,1-4H3;1H/q+1;/p-1. The predicted molar refractivity (Wildman–Crippen MR) is 60.2 cm³/mol. The summed E-state index contributed by atoms with van der Waals surface area (Å²) in [5, 5.41) is 0. The van der Waals surface area contributed by atoms with E-state index in [-0.39, 0.29) is 24.0 Å². The second-order valence-electron chi connectivity index (χ2n) is 4.09. The van der Waals surface area contributed by atoms with Crippen LogP contribution in [0.4, 0.5) is 0 Å². The van der Waals surface area contributed by atoms with Crippen molar-refractivity contribution in [1.29, 1.82) is 0 Å². The van der Waals surface area contributed by atoms with Gasteiger partial charge in [0.15, 0.2) is 12.4 Å². The summed E-state index contributed by atoms with van der Waals surface area (Å²) in [7, 11) is 2.06. The number of halogens is 1. The number of aromatic nitrogens is 1. The lowest BCUT2D eigenvalue weighted by Crippen LogP contribution is -3.00. The van der Waals surface area contributed by atoms with Gasteiger partial charge in [-0.3, -0.25) is 0 Å². The maximum Gasteiger partial charge on any atom is 0.168 e. The average Bonchev–Trinajstić information content (AvgIpc) is 2.24. The molecule has 0 bridgehead atoms. The second kappa shape index (κ2) is 6.46. The minimum atomic E-state index is 0. The van der Waals surface area contributed by atoms with E-state index in [4.69, 9.17) is 0 Å². The Hall–Kier alpha value is -0.120. The van der Waals surface area contributed by atoms with Gasteiger partial charge in [-0.15, -0.1) is 0 Å². The lowest BCUT2D eigenvalue weighted by molar-refractivity contribution is -0.671. The molecule has 0 saturated heterocycles. The Kier molecular flexibility index (Phi) is 6.41. The molecule has 0 N–H and O–H groups in total. The van der Waals surface area contributed by atoms with Crippen molar-refractivity contribution >= 4 is 0 Å². The maximum absolute atomic E-state index is 2.29. The summed E-state index contributed by atoms with van der Waals surface area (Å²) in [5.41, 5.74) is 1.89. The van der Waals surface area contributed by atoms with Gasteiger partial charge >= 0.3 is 0 Å². The number of hydrogen-bond donors (Lipinski definition) is 0.